The van der Waals surface area contributed by atoms with Gasteiger partial charge in [-0.25, -0.2) is 9.50 Å². The standard InChI is InChI=1S/C22H27N7O2/c1-3-16(4-2)27-12-15(10-25-27)22-19-5-6-23-29(19)13-18(26-22)14-9-24-28(11-14)17-7-20(30)21(31)8-17/h5-6,9-13,16-17,20-21,30-31H,3-4,7-8H2,1-2H3. The van der Waals surface area contributed by atoms with Gasteiger partial charge in [-0.2, -0.15) is 15.3 Å². The first-order valence-electron chi connectivity index (χ1n) is 10.9. The maximum Gasteiger partial charge on any atom is 0.0999 e. The Morgan fingerprint density at radius 2 is 1.71 bits per heavy atom. The molecule has 9 heteroatoms. The summed E-state index contributed by atoms with van der Waals surface area (Å²) < 4.78 is 5.66. The van der Waals surface area contributed by atoms with Crippen LogP contribution in [0, 0.1) is 0 Å². The Labute approximate surface area is 180 Å². The van der Waals surface area contributed by atoms with Crippen LogP contribution in [0.25, 0.3) is 28.0 Å². The van der Waals surface area contributed by atoms with Gasteiger partial charge in [0.05, 0.1) is 66.0 Å². The molecule has 2 N–H and O–H groups in total. The second kappa shape index (κ2) is 7.90. The summed E-state index contributed by atoms with van der Waals surface area (Å²) in [5.41, 5.74) is 4.32. The van der Waals surface area contributed by atoms with E-state index in [0.717, 1.165) is 40.9 Å². The average molecular weight is 422 g/mol. The summed E-state index contributed by atoms with van der Waals surface area (Å²) in [5, 5.41) is 33.2. The molecule has 1 saturated carbocycles. The van der Waals surface area contributed by atoms with Crippen LogP contribution >= 0.6 is 0 Å². The van der Waals surface area contributed by atoms with E-state index < -0.39 is 12.2 Å². The minimum absolute atomic E-state index is 0.0232. The highest BCUT2D eigenvalue weighted by Gasteiger charge is 2.33. The van der Waals surface area contributed by atoms with Crippen LogP contribution in [0.1, 0.15) is 51.6 Å². The van der Waals surface area contributed by atoms with Crippen LogP contribution in [0.3, 0.4) is 0 Å². The lowest BCUT2D eigenvalue weighted by molar-refractivity contribution is 0.0438. The molecule has 31 heavy (non-hydrogen) atoms. The predicted octanol–water partition coefficient (Wildman–Crippen LogP) is 2.87. The van der Waals surface area contributed by atoms with E-state index >= 15 is 0 Å². The number of nitrogens with zero attached hydrogens (tertiary/aromatic N) is 7. The smallest absolute Gasteiger partial charge is 0.0999 e. The van der Waals surface area contributed by atoms with Gasteiger partial charge in [-0.1, -0.05) is 13.8 Å². The van der Waals surface area contributed by atoms with Crippen molar-refractivity contribution in [3.05, 3.63) is 43.2 Å². The number of fused-ring (bicyclic) bond motifs is 1. The summed E-state index contributed by atoms with van der Waals surface area (Å²) in [5.74, 6) is 0. The Morgan fingerprint density at radius 3 is 2.45 bits per heavy atom. The van der Waals surface area contributed by atoms with Gasteiger partial charge in [0.15, 0.2) is 0 Å². The molecule has 0 bridgehead atoms. The minimum atomic E-state index is -0.700. The summed E-state index contributed by atoms with van der Waals surface area (Å²) >= 11 is 0. The Balaban J connectivity index is 1.52. The molecule has 1 aliphatic rings. The monoisotopic (exact) mass is 421 g/mol. The lowest BCUT2D eigenvalue weighted by Crippen LogP contribution is -2.17. The van der Waals surface area contributed by atoms with Crippen molar-refractivity contribution >= 4 is 5.52 Å². The summed E-state index contributed by atoms with van der Waals surface area (Å²) in [6, 6.07) is 2.30. The summed E-state index contributed by atoms with van der Waals surface area (Å²) in [6.07, 6.45) is 12.9. The topological polar surface area (TPSA) is 106 Å². The molecule has 0 spiro atoms. The summed E-state index contributed by atoms with van der Waals surface area (Å²) in [6.45, 7) is 4.34. The van der Waals surface area contributed by atoms with Crippen molar-refractivity contribution in [2.24, 2.45) is 0 Å². The van der Waals surface area contributed by atoms with Crippen molar-refractivity contribution in [1.29, 1.82) is 0 Å². The van der Waals surface area contributed by atoms with Gasteiger partial charge in [0, 0.05) is 23.5 Å². The van der Waals surface area contributed by atoms with Crippen LogP contribution in [0.15, 0.2) is 43.2 Å². The largest absolute Gasteiger partial charge is 0.390 e. The van der Waals surface area contributed by atoms with Crippen molar-refractivity contribution in [2.45, 2.75) is 63.8 Å². The molecule has 4 heterocycles. The Hall–Kier alpha value is -3.04. The number of rotatable bonds is 6. The molecule has 2 atom stereocenters. The molecular formula is C22H27N7O2. The van der Waals surface area contributed by atoms with E-state index in [1.807, 2.05) is 38.5 Å². The molecule has 4 aromatic rings. The van der Waals surface area contributed by atoms with Gasteiger partial charge in [0.25, 0.3) is 0 Å². The lowest BCUT2D eigenvalue weighted by atomic mass is 10.1. The highest BCUT2D eigenvalue weighted by molar-refractivity contribution is 5.78. The van der Waals surface area contributed by atoms with E-state index in [9.17, 15) is 10.2 Å². The zero-order valence-electron chi connectivity index (χ0n) is 17.7. The predicted molar refractivity (Wildman–Crippen MR) is 115 cm³/mol. The maximum atomic E-state index is 9.86. The fourth-order valence-corrected chi connectivity index (χ4v) is 4.46. The molecule has 162 valence electrons. The molecule has 0 radical (unpaired) electrons. The molecule has 0 aromatic carbocycles. The molecular weight excluding hydrogens is 394 g/mol. The Morgan fingerprint density at radius 1 is 0.968 bits per heavy atom. The fourth-order valence-electron chi connectivity index (χ4n) is 4.46. The van der Waals surface area contributed by atoms with Crippen LogP contribution in [-0.2, 0) is 0 Å². The highest BCUT2D eigenvalue weighted by atomic mass is 16.3. The Kier molecular flexibility index (Phi) is 5.07. The Bertz CT molecular complexity index is 1180. The van der Waals surface area contributed by atoms with Gasteiger partial charge in [0.1, 0.15) is 0 Å². The van der Waals surface area contributed by atoms with E-state index in [-0.39, 0.29) is 6.04 Å². The minimum Gasteiger partial charge on any atom is -0.390 e. The van der Waals surface area contributed by atoms with Gasteiger partial charge >= 0.3 is 0 Å². The van der Waals surface area contributed by atoms with Gasteiger partial charge in [-0.05, 0) is 31.7 Å². The molecule has 0 amide bonds. The zero-order chi connectivity index (χ0) is 21.5. The quantitative estimate of drug-likeness (QED) is 0.496. The van der Waals surface area contributed by atoms with Crippen LogP contribution in [-0.4, -0.2) is 56.6 Å². The number of aliphatic hydroxyl groups excluding tert-OH is 2. The fraction of sp³-hybridized carbons (Fsp3) is 0.455. The van der Waals surface area contributed by atoms with E-state index in [1.165, 1.54) is 0 Å². The molecule has 9 nitrogen and oxygen atoms in total. The molecule has 5 rings (SSSR count). The second-order valence-corrected chi connectivity index (χ2v) is 8.28. The van der Waals surface area contributed by atoms with Gasteiger partial charge < -0.3 is 10.2 Å². The summed E-state index contributed by atoms with van der Waals surface area (Å²) in [7, 11) is 0. The molecule has 0 aliphatic heterocycles. The van der Waals surface area contributed by atoms with Gasteiger partial charge in [0.2, 0.25) is 0 Å². The van der Waals surface area contributed by atoms with Crippen LogP contribution < -0.4 is 0 Å². The maximum absolute atomic E-state index is 9.86. The van der Waals surface area contributed by atoms with Gasteiger partial charge in [-0.15, -0.1) is 0 Å². The molecule has 0 saturated heterocycles. The van der Waals surface area contributed by atoms with Crippen LogP contribution in [0.4, 0.5) is 0 Å². The molecule has 1 aliphatic carbocycles. The third kappa shape index (κ3) is 3.53. The number of hydrogen-bond donors (Lipinski definition) is 2. The zero-order valence-corrected chi connectivity index (χ0v) is 17.7. The van der Waals surface area contributed by atoms with E-state index in [4.69, 9.17) is 4.98 Å². The van der Waals surface area contributed by atoms with Crippen molar-refractivity contribution in [3.8, 4) is 22.5 Å². The number of aromatic nitrogens is 7. The average Bonchev–Trinajstić information content (AvgIpc) is 3.56. The van der Waals surface area contributed by atoms with Crippen molar-refractivity contribution in [1.82, 2.24) is 34.2 Å². The van der Waals surface area contributed by atoms with Crippen molar-refractivity contribution in [2.75, 3.05) is 0 Å². The second-order valence-electron chi connectivity index (χ2n) is 8.28. The first-order valence-corrected chi connectivity index (χ1v) is 10.9. The molecule has 2 unspecified atom stereocenters. The number of hydrogen-bond acceptors (Lipinski definition) is 6. The number of aliphatic hydroxyl groups is 2. The van der Waals surface area contributed by atoms with Crippen molar-refractivity contribution < 1.29 is 10.2 Å². The van der Waals surface area contributed by atoms with E-state index in [0.29, 0.717) is 18.9 Å². The van der Waals surface area contributed by atoms with Crippen LogP contribution in [0.5, 0.6) is 0 Å². The summed E-state index contributed by atoms with van der Waals surface area (Å²) in [4.78, 5) is 4.94. The van der Waals surface area contributed by atoms with Crippen molar-refractivity contribution in [3.63, 3.8) is 0 Å². The molecule has 1 fully saturated rings. The third-order valence-electron chi connectivity index (χ3n) is 6.32. The SMILES string of the molecule is CCC(CC)n1cc(-c2nc(-c3cnn(C4CC(O)C(O)C4)c3)cn3nccc23)cn1. The third-order valence-corrected chi connectivity index (χ3v) is 6.32. The first kappa shape index (κ1) is 19.9. The lowest BCUT2D eigenvalue weighted by Gasteiger charge is -2.12. The molecule has 4 aromatic heterocycles. The van der Waals surface area contributed by atoms with E-state index in [1.54, 1.807) is 12.4 Å². The normalized spacial score (nSPS) is 21.5. The van der Waals surface area contributed by atoms with Gasteiger partial charge in [-0.3, -0.25) is 9.36 Å². The van der Waals surface area contributed by atoms with E-state index in [2.05, 4.69) is 35.3 Å². The first-order chi connectivity index (χ1) is 15.1. The van der Waals surface area contributed by atoms with Crippen LogP contribution in [0.2, 0.25) is 0 Å². The highest BCUT2D eigenvalue weighted by Crippen LogP contribution is 2.32.